The molecule has 0 bridgehead atoms. The fourth-order valence-corrected chi connectivity index (χ4v) is 1.89. The van der Waals surface area contributed by atoms with Crippen LogP contribution >= 0.6 is 0 Å². The third kappa shape index (κ3) is 1.45. The van der Waals surface area contributed by atoms with Crippen LogP contribution in [-0.4, -0.2) is 9.78 Å². The summed E-state index contributed by atoms with van der Waals surface area (Å²) in [5.41, 5.74) is 4.90. The van der Waals surface area contributed by atoms with Crippen molar-refractivity contribution >= 4 is 0 Å². The molecule has 0 fully saturated rings. The lowest BCUT2D eigenvalue weighted by molar-refractivity contribution is 0.721. The van der Waals surface area contributed by atoms with E-state index in [1.807, 2.05) is 4.68 Å². The van der Waals surface area contributed by atoms with Gasteiger partial charge in [-0.05, 0) is 19.1 Å². The number of nitrogens with zero attached hydrogens (tertiary/aromatic N) is 2. The number of aromatic nitrogens is 2. The Bertz CT molecular complexity index is 461. The lowest BCUT2D eigenvalue weighted by Gasteiger charge is -2.01. The van der Waals surface area contributed by atoms with Crippen molar-refractivity contribution in [2.75, 3.05) is 0 Å². The molecular formula is C12H13N3. The summed E-state index contributed by atoms with van der Waals surface area (Å²) in [6.45, 7) is 3.94. The molecule has 3 nitrogen and oxygen atoms in total. The molecule has 0 aliphatic carbocycles. The zero-order valence-electron chi connectivity index (χ0n) is 8.70. The van der Waals surface area contributed by atoms with E-state index in [1.165, 1.54) is 16.8 Å². The highest BCUT2D eigenvalue weighted by Gasteiger charge is 2.14. The molecule has 0 spiro atoms. The van der Waals surface area contributed by atoms with Crippen LogP contribution in [0.5, 0.6) is 0 Å². The molecule has 1 N–H and O–H groups in total. The summed E-state index contributed by atoms with van der Waals surface area (Å²) in [4.78, 5) is 0. The Balaban J connectivity index is 2.02. The zero-order valence-corrected chi connectivity index (χ0v) is 8.70. The van der Waals surface area contributed by atoms with Crippen LogP contribution in [0.1, 0.15) is 16.8 Å². The van der Waals surface area contributed by atoms with Gasteiger partial charge in [-0.25, -0.2) is 4.68 Å². The number of aryl methyl sites for hydroxylation is 1. The van der Waals surface area contributed by atoms with E-state index in [1.54, 1.807) is 0 Å². The molecule has 15 heavy (non-hydrogen) atoms. The van der Waals surface area contributed by atoms with E-state index in [0.717, 1.165) is 18.8 Å². The van der Waals surface area contributed by atoms with Crippen molar-refractivity contribution in [1.82, 2.24) is 15.1 Å². The number of benzene rings is 1. The predicted octanol–water partition coefficient (Wildman–Crippen LogP) is 1.78. The van der Waals surface area contributed by atoms with Crippen LogP contribution in [0.15, 0.2) is 30.5 Å². The monoisotopic (exact) mass is 199 g/mol. The molecule has 0 saturated heterocycles. The Kier molecular flexibility index (Phi) is 1.86. The third-order valence-corrected chi connectivity index (χ3v) is 2.78. The Morgan fingerprint density at radius 2 is 2.00 bits per heavy atom. The number of fused-ring (bicyclic) bond motifs is 1. The van der Waals surface area contributed by atoms with Gasteiger partial charge < -0.3 is 5.32 Å². The SMILES string of the molecule is Cc1ccc(-n2cc3c(n2)CNC3)cc1. The minimum atomic E-state index is 0.897. The standard InChI is InChI=1S/C12H13N3/c1-9-2-4-11(5-3-9)15-8-10-6-13-7-12(10)14-15/h2-5,8,13H,6-7H2,1H3. The molecule has 0 unspecified atom stereocenters. The van der Waals surface area contributed by atoms with Gasteiger partial charge in [0, 0.05) is 24.8 Å². The minimum Gasteiger partial charge on any atom is -0.307 e. The summed E-state index contributed by atoms with van der Waals surface area (Å²) in [7, 11) is 0. The number of rotatable bonds is 1. The van der Waals surface area contributed by atoms with Gasteiger partial charge in [0.2, 0.25) is 0 Å². The Morgan fingerprint density at radius 3 is 2.73 bits per heavy atom. The fraction of sp³-hybridized carbons (Fsp3) is 0.250. The number of hydrogen-bond donors (Lipinski definition) is 1. The maximum Gasteiger partial charge on any atom is 0.0811 e. The topological polar surface area (TPSA) is 29.9 Å². The first-order chi connectivity index (χ1) is 7.33. The molecule has 1 aromatic heterocycles. The zero-order chi connectivity index (χ0) is 10.3. The fourth-order valence-electron chi connectivity index (χ4n) is 1.89. The second kappa shape index (κ2) is 3.21. The minimum absolute atomic E-state index is 0.897. The summed E-state index contributed by atoms with van der Waals surface area (Å²) in [5.74, 6) is 0. The predicted molar refractivity (Wildman–Crippen MR) is 58.8 cm³/mol. The van der Waals surface area contributed by atoms with Crippen molar-refractivity contribution in [3.63, 3.8) is 0 Å². The van der Waals surface area contributed by atoms with Crippen LogP contribution in [0.3, 0.4) is 0 Å². The van der Waals surface area contributed by atoms with E-state index in [-0.39, 0.29) is 0 Å². The first kappa shape index (κ1) is 8.68. The highest BCUT2D eigenvalue weighted by molar-refractivity contribution is 5.35. The van der Waals surface area contributed by atoms with Crippen LogP contribution in [0.4, 0.5) is 0 Å². The highest BCUT2D eigenvalue weighted by Crippen LogP contribution is 2.16. The summed E-state index contributed by atoms with van der Waals surface area (Å²) in [5, 5.41) is 7.82. The molecule has 0 radical (unpaired) electrons. The van der Waals surface area contributed by atoms with Crippen molar-refractivity contribution < 1.29 is 0 Å². The molecule has 1 aliphatic rings. The van der Waals surface area contributed by atoms with Crippen LogP contribution in [0.2, 0.25) is 0 Å². The lowest BCUT2D eigenvalue weighted by atomic mass is 10.2. The smallest absolute Gasteiger partial charge is 0.0811 e. The third-order valence-electron chi connectivity index (χ3n) is 2.78. The van der Waals surface area contributed by atoms with Crippen LogP contribution < -0.4 is 5.32 Å². The molecule has 0 saturated carbocycles. The van der Waals surface area contributed by atoms with Crippen molar-refractivity contribution in [1.29, 1.82) is 0 Å². The van der Waals surface area contributed by atoms with Gasteiger partial charge in [0.05, 0.1) is 11.4 Å². The van der Waals surface area contributed by atoms with Gasteiger partial charge in [0.1, 0.15) is 0 Å². The van der Waals surface area contributed by atoms with Crippen LogP contribution in [-0.2, 0) is 13.1 Å². The molecule has 1 aliphatic heterocycles. The second-order valence-electron chi connectivity index (χ2n) is 3.98. The molecule has 3 heteroatoms. The van der Waals surface area contributed by atoms with Gasteiger partial charge in [-0.15, -0.1) is 0 Å². The summed E-state index contributed by atoms with van der Waals surface area (Å²) >= 11 is 0. The quantitative estimate of drug-likeness (QED) is 0.758. The van der Waals surface area contributed by atoms with Crippen LogP contribution in [0.25, 0.3) is 5.69 Å². The molecule has 2 aromatic rings. The van der Waals surface area contributed by atoms with Gasteiger partial charge in [-0.2, -0.15) is 5.10 Å². The number of nitrogens with one attached hydrogen (secondary N) is 1. The Labute approximate surface area is 88.7 Å². The molecule has 76 valence electrons. The van der Waals surface area contributed by atoms with Gasteiger partial charge in [-0.1, -0.05) is 17.7 Å². The van der Waals surface area contributed by atoms with E-state index < -0.39 is 0 Å². The first-order valence-electron chi connectivity index (χ1n) is 5.18. The molecule has 1 aromatic carbocycles. The Morgan fingerprint density at radius 1 is 1.20 bits per heavy atom. The van der Waals surface area contributed by atoms with Crippen molar-refractivity contribution in [3.8, 4) is 5.69 Å². The van der Waals surface area contributed by atoms with Crippen molar-refractivity contribution in [2.24, 2.45) is 0 Å². The van der Waals surface area contributed by atoms with E-state index in [2.05, 4.69) is 47.8 Å². The molecular weight excluding hydrogens is 186 g/mol. The van der Waals surface area contributed by atoms with E-state index >= 15 is 0 Å². The average molecular weight is 199 g/mol. The van der Waals surface area contributed by atoms with E-state index in [0.29, 0.717) is 0 Å². The molecule has 2 heterocycles. The summed E-state index contributed by atoms with van der Waals surface area (Å²) in [6, 6.07) is 8.43. The van der Waals surface area contributed by atoms with E-state index in [9.17, 15) is 0 Å². The molecule has 3 rings (SSSR count). The van der Waals surface area contributed by atoms with Crippen molar-refractivity contribution in [2.45, 2.75) is 20.0 Å². The van der Waals surface area contributed by atoms with Crippen molar-refractivity contribution in [3.05, 3.63) is 47.3 Å². The van der Waals surface area contributed by atoms with E-state index in [4.69, 9.17) is 0 Å². The maximum absolute atomic E-state index is 4.54. The molecule has 0 atom stereocenters. The maximum atomic E-state index is 4.54. The summed E-state index contributed by atoms with van der Waals surface area (Å²) < 4.78 is 1.96. The van der Waals surface area contributed by atoms with Gasteiger partial charge in [0.25, 0.3) is 0 Å². The Hall–Kier alpha value is -1.61. The first-order valence-corrected chi connectivity index (χ1v) is 5.18. The largest absolute Gasteiger partial charge is 0.307 e. The second-order valence-corrected chi connectivity index (χ2v) is 3.98. The van der Waals surface area contributed by atoms with Gasteiger partial charge in [-0.3, -0.25) is 0 Å². The lowest BCUT2D eigenvalue weighted by Crippen LogP contribution is -2.04. The normalized spacial score (nSPS) is 14.2. The number of hydrogen-bond acceptors (Lipinski definition) is 2. The van der Waals surface area contributed by atoms with Crippen LogP contribution in [0, 0.1) is 6.92 Å². The highest BCUT2D eigenvalue weighted by atomic mass is 15.3. The van der Waals surface area contributed by atoms with Gasteiger partial charge >= 0.3 is 0 Å². The molecule has 0 amide bonds. The average Bonchev–Trinajstić information content (AvgIpc) is 2.78. The summed E-state index contributed by atoms with van der Waals surface area (Å²) in [6.07, 6.45) is 2.11. The van der Waals surface area contributed by atoms with Gasteiger partial charge in [0.15, 0.2) is 0 Å².